The first-order valence-corrected chi connectivity index (χ1v) is 8.09. The number of hydrogen-bond acceptors (Lipinski definition) is 4. The Balaban J connectivity index is 2.13. The smallest absolute Gasteiger partial charge is 0.288 e. The zero-order valence-electron chi connectivity index (χ0n) is 13.5. The predicted octanol–water partition coefficient (Wildman–Crippen LogP) is 4.22. The Kier molecular flexibility index (Phi) is 6.35. The highest BCUT2D eigenvalue weighted by Crippen LogP contribution is 2.28. The highest BCUT2D eigenvalue weighted by Gasteiger charge is 2.11. The van der Waals surface area contributed by atoms with Crippen LogP contribution in [0.4, 0.5) is 20.2 Å². The number of methoxy groups -OCH3 is 1. The molecule has 0 spiro atoms. The first-order valence-electron chi connectivity index (χ1n) is 7.21. The summed E-state index contributed by atoms with van der Waals surface area (Å²) >= 11 is 0.415. The van der Waals surface area contributed by atoms with Gasteiger partial charge in [0.2, 0.25) is 5.91 Å². The molecule has 0 aliphatic heterocycles. The molecule has 0 saturated carbocycles. The summed E-state index contributed by atoms with van der Waals surface area (Å²) in [6.07, 6.45) is 0. The molecule has 25 heavy (non-hydrogen) atoms. The third-order valence-electron chi connectivity index (χ3n) is 3.11. The molecule has 0 saturated heterocycles. The van der Waals surface area contributed by atoms with Crippen LogP contribution in [0.15, 0.2) is 47.4 Å². The SMILES string of the molecule is COc1ccc(NC(=O)c2ccc(SC(F)F)cc2)cc1NC(C)=O. The van der Waals surface area contributed by atoms with Crippen LogP contribution in [-0.2, 0) is 4.79 Å². The number of amides is 2. The van der Waals surface area contributed by atoms with Crippen LogP contribution in [0.2, 0.25) is 0 Å². The van der Waals surface area contributed by atoms with E-state index >= 15 is 0 Å². The molecule has 2 rings (SSSR count). The van der Waals surface area contributed by atoms with E-state index in [4.69, 9.17) is 4.74 Å². The maximum atomic E-state index is 12.3. The molecule has 0 fully saturated rings. The molecule has 0 unspecified atom stereocenters. The van der Waals surface area contributed by atoms with Crippen LogP contribution < -0.4 is 15.4 Å². The first-order chi connectivity index (χ1) is 11.9. The van der Waals surface area contributed by atoms with Crippen molar-refractivity contribution in [3.8, 4) is 5.75 Å². The number of benzene rings is 2. The Bertz CT molecular complexity index is 767. The van der Waals surface area contributed by atoms with Crippen LogP contribution in [0, 0.1) is 0 Å². The summed E-state index contributed by atoms with van der Waals surface area (Å²) < 4.78 is 29.7. The molecule has 0 aliphatic carbocycles. The Morgan fingerprint density at radius 2 is 1.76 bits per heavy atom. The normalized spacial score (nSPS) is 10.4. The van der Waals surface area contributed by atoms with E-state index in [1.807, 2.05) is 0 Å². The van der Waals surface area contributed by atoms with Gasteiger partial charge in [0.15, 0.2) is 0 Å². The van der Waals surface area contributed by atoms with Gasteiger partial charge in [-0.05, 0) is 42.5 Å². The molecular weight excluding hydrogens is 350 g/mol. The maximum absolute atomic E-state index is 12.3. The van der Waals surface area contributed by atoms with Gasteiger partial charge >= 0.3 is 0 Å². The van der Waals surface area contributed by atoms with E-state index in [1.165, 1.54) is 38.3 Å². The molecule has 5 nitrogen and oxygen atoms in total. The summed E-state index contributed by atoms with van der Waals surface area (Å²) in [6.45, 7) is 1.36. The van der Waals surface area contributed by atoms with Crippen molar-refractivity contribution in [3.63, 3.8) is 0 Å². The fraction of sp³-hybridized carbons (Fsp3) is 0.176. The Labute approximate surface area is 147 Å². The monoisotopic (exact) mass is 366 g/mol. The number of halogens is 2. The summed E-state index contributed by atoms with van der Waals surface area (Å²) in [5, 5.41) is 5.30. The molecular formula is C17H16F2N2O3S. The van der Waals surface area contributed by atoms with Gasteiger partial charge in [0, 0.05) is 23.1 Å². The molecule has 132 valence electrons. The molecule has 8 heteroatoms. The lowest BCUT2D eigenvalue weighted by atomic mass is 10.2. The van der Waals surface area contributed by atoms with Gasteiger partial charge in [0.05, 0.1) is 12.8 Å². The van der Waals surface area contributed by atoms with E-state index in [1.54, 1.807) is 18.2 Å². The molecule has 0 radical (unpaired) electrons. The summed E-state index contributed by atoms with van der Waals surface area (Å²) in [5.41, 5.74) is 1.22. The maximum Gasteiger partial charge on any atom is 0.288 e. The lowest BCUT2D eigenvalue weighted by Crippen LogP contribution is -2.13. The van der Waals surface area contributed by atoms with Gasteiger partial charge in [0.1, 0.15) is 5.75 Å². The molecule has 2 aromatic carbocycles. The average Bonchev–Trinajstić information content (AvgIpc) is 2.54. The Morgan fingerprint density at radius 1 is 1.08 bits per heavy atom. The standard InChI is InChI=1S/C17H16F2N2O3S/c1-10(22)20-14-9-12(5-8-15(14)24-2)21-16(23)11-3-6-13(7-4-11)25-17(18)19/h3-9,17H,1-2H3,(H,20,22)(H,21,23). The van der Waals surface area contributed by atoms with Gasteiger partial charge in [-0.2, -0.15) is 8.78 Å². The van der Waals surface area contributed by atoms with Crippen LogP contribution >= 0.6 is 11.8 Å². The molecule has 0 aliphatic rings. The zero-order valence-corrected chi connectivity index (χ0v) is 14.3. The highest BCUT2D eigenvalue weighted by atomic mass is 32.2. The van der Waals surface area contributed by atoms with E-state index < -0.39 is 11.7 Å². The number of nitrogens with one attached hydrogen (secondary N) is 2. The lowest BCUT2D eigenvalue weighted by molar-refractivity contribution is -0.114. The van der Waals surface area contributed by atoms with Crippen molar-refractivity contribution in [1.82, 2.24) is 0 Å². The number of hydrogen-bond donors (Lipinski definition) is 2. The Hall–Kier alpha value is -2.61. The Morgan fingerprint density at radius 3 is 2.32 bits per heavy atom. The fourth-order valence-electron chi connectivity index (χ4n) is 2.06. The van der Waals surface area contributed by atoms with E-state index in [-0.39, 0.29) is 5.91 Å². The van der Waals surface area contributed by atoms with E-state index in [2.05, 4.69) is 10.6 Å². The second-order valence-electron chi connectivity index (χ2n) is 4.95. The van der Waals surface area contributed by atoms with Gasteiger partial charge in [0.25, 0.3) is 11.7 Å². The average molecular weight is 366 g/mol. The van der Waals surface area contributed by atoms with Crippen LogP contribution in [0.25, 0.3) is 0 Å². The minimum Gasteiger partial charge on any atom is -0.495 e. The summed E-state index contributed by atoms with van der Waals surface area (Å²) in [5.74, 6) is -2.71. The van der Waals surface area contributed by atoms with Crippen molar-refractivity contribution >= 4 is 35.0 Å². The van der Waals surface area contributed by atoms with Crippen LogP contribution in [0.1, 0.15) is 17.3 Å². The molecule has 2 aromatic rings. The largest absolute Gasteiger partial charge is 0.495 e. The number of carbonyl (C=O) groups is 2. The quantitative estimate of drug-likeness (QED) is 0.751. The van der Waals surface area contributed by atoms with Gasteiger partial charge in [-0.3, -0.25) is 9.59 Å². The number of alkyl halides is 2. The topological polar surface area (TPSA) is 67.4 Å². The number of rotatable bonds is 6. The number of carbonyl (C=O) groups excluding carboxylic acids is 2. The number of thioether (sulfide) groups is 1. The van der Waals surface area contributed by atoms with Gasteiger partial charge < -0.3 is 15.4 Å². The minimum absolute atomic E-state index is 0.270. The van der Waals surface area contributed by atoms with Gasteiger partial charge in [-0.15, -0.1) is 0 Å². The molecule has 2 amide bonds. The second-order valence-corrected chi connectivity index (χ2v) is 6.02. The summed E-state index contributed by atoms with van der Waals surface area (Å²) in [4.78, 5) is 23.9. The molecule has 0 aromatic heterocycles. The van der Waals surface area contributed by atoms with Crippen molar-refractivity contribution in [2.45, 2.75) is 17.6 Å². The lowest BCUT2D eigenvalue weighted by Gasteiger charge is -2.12. The van der Waals surface area contributed by atoms with Gasteiger partial charge in [-0.1, -0.05) is 11.8 Å². The van der Waals surface area contributed by atoms with Crippen LogP contribution in [0.3, 0.4) is 0 Å². The molecule has 0 heterocycles. The van der Waals surface area contributed by atoms with Crippen molar-refractivity contribution < 1.29 is 23.1 Å². The second kappa shape index (κ2) is 8.48. The fourth-order valence-corrected chi connectivity index (χ4v) is 2.56. The van der Waals surface area contributed by atoms with Crippen LogP contribution in [0.5, 0.6) is 5.75 Å². The van der Waals surface area contributed by atoms with Crippen LogP contribution in [-0.4, -0.2) is 24.7 Å². The molecule has 0 bridgehead atoms. The third kappa shape index (κ3) is 5.46. The minimum atomic E-state index is -2.51. The summed E-state index contributed by atoms with van der Waals surface area (Å²) in [7, 11) is 1.47. The number of anilines is 2. The summed E-state index contributed by atoms with van der Waals surface area (Å²) in [6, 6.07) is 10.7. The van der Waals surface area contributed by atoms with E-state index in [9.17, 15) is 18.4 Å². The first kappa shape index (κ1) is 18.7. The van der Waals surface area contributed by atoms with Crippen molar-refractivity contribution in [2.75, 3.05) is 17.7 Å². The van der Waals surface area contributed by atoms with Crippen molar-refractivity contribution in [1.29, 1.82) is 0 Å². The van der Waals surface area contributed by atoms with E-state index in [0.717, 1.165) is 0 Å². The molecule has 0 atom stereocenters. The predicted molar refractivity (Wildman–Crippen MR) is 93.6 cm³/mol. The van der Waals surface area contributed by atoms with Gasteiger partial charge in [-0.25, -0.2) is 0 Å². The number of ether oxygens (including phenoxy) is 1. The van der Waals surface area contributed by atoms with Crippen molar-refractivity contribution in [3.05, 3.63) is 48.0 Å². The molecule has 2 N–H and O–H groups in total. The van der Waals surface area contributed by atoms with Crippen molar-refractivity contribution in [2.24, 2.45) is 0 Å². The third-order valence-corrected chi connectivity index (χ3v) is 3.83. The zero-order chi connectivity index (χ0) is 18.4. The van der Waals surface area contributed by atoms with E-state index in [0.29, 0.717) is 39.3 Å². The highest BCUT2D eigenvalue weighted by molar-refractivity contribution is 7.99.